The van der Waals surface area contributed by atoms with Gasteiger partial charge in [-0.1, -0.05) is 19.9 Å². The maximum atomic E-state index is 12.5. The molecular weight excluding hydrogens is 400 g/mol. The maximum Gasteiger partial charge on any atom is 0.244 e. The molecule has 0 aromatic carbocycles. The third kappa shape index (κ3) is 4.73. The van der Waals surface area contributed by atoms with Gasteiger partial charge in [-0.2, -0.15) is 4.31 Å². The zero-order valence-corrected chi connectivity index (χ0v) is 17.5. The highest BCUT2D eigenvalue weighted by atomic mass is 32.2. The molecule has 0 radical (unpaired) electrons. The minimum Gasteiger partial charge on any atom is -0.254 e. The van der Waals surface area contributed by atoms with Gasteiger partial charge in [0.1, 0.15) is 9.90 Å². The zero-order valence-electron chi connectivity index (χ0n) is 15.1. The second-order valence-corrected chi connectivity index (χ2v) is 9.36. The Balaban J connectivity index is 1.65. The second kappa shape index (κ2) is 8.92. The quantitative estimate of drug-likeness (QED) is 0.514. The van der Waals surface area contributed by atoms with Crippen molar-refractivity contribution in [1.82, 2.24) is 19.3 Å². The summed E-state index contributed by atoms with van der Waals surface area (Å²) in [4.78, 5) is 13.4. The molecule has 0 aliphatic heterocycles. The molecule has 142 valence electrons. The minimum absolute atomic E-state index is 0.224. The van der Waals surface area contributed by atoms with Crippen molar-refractivity contribution in [2.75, 3.05) is 13.1 Å². The highest BCUT2D eigenvalue weighted by Gasteiger charge is 2.21. The number of rotatable bonds is 8. The first kappa shape index (κ1) is 19.9. The van der Waals surface area contributed by atoms with Gasteiger partial charge in [-0.05, 0) is 24.3 Å². The summed E-state index contributed by atoms with van der Waals surface area (Å²) in [5, 5.41) is 3.66. The fourth-order valence-corrected chi connectivity index (χ4v) is 5.49. The Kier molecular flexibility index (Phi) is 6.59. The average Bonchev–Trinajstić information content (AvgIpc) is 3.17. The van der Waals surface area contributed by atoms with Crippen LogP contribution < -0.4 is 0 Å². The Morgan fingerprint density at radius 2 is 1.93 bits per heavy atom. The fraction of sp³-hybridized carbons (Fsp3) is 0.278. The van der Waals surface area contributed by atoms with Gasteiger partial charge in [0.25, 0.3) is 0 Å². The van der Waals surface area contributed by atoms with E-state index in [0.717, 1.165) is 21.4 Å². The molecule has 0 atom stereocenters. The molecule has 0 unspecified atom stereocenters. The van der Waals surface area contributed by atoms with E-state index in [1.165, 1.54) is 22.3 Å². The SMILES string of the molecule is CCN(CC)S(=O)(=O)c1ccc(SCc2csc(-c3ccccn3)n2)nc1. The van der Waals surface area contributed by atoms with E-state index >= 15 is 0 Å². The summed E-state index contributed by atoms with van der Waals surface area (Å²) >= 11 is 3.09. The van der Waals surface area contributed by atoms with Crippen molar-refractivity contribution in [3.8, 4) is 10.7 Å². The molecule has 0 aliphatic rings. The van der Waals surface area contributed by atoms with Crippen molar-refractivity contribution < 1.29 is 8.42 Å². The van der Waals surface area contributed by atoms with Crippen LogP contribution in [0.15, 0.2) is 58.0 Å². The largest absolute Gasteiger partial charge is 0.254 e. The van der Waals surface area contributed by atoms with E-state index < -0.39 is 10.0 Å². The third-order valence-electron chi connectivity index (χ3n) is 3.86. The Morgan fingerprint density at radius 3 is 2.56 bits per heavy atom. The second-order valence-electron chi connectivity index (χ2n) is 5.57. The molecule has 0 aliphatic carbocycles. The van der Waals surface area contributed by atoms with Crippen LogP contribution in [0.2, 0.25) is 0 Å². The van der Waals surface area contributed by atoms with Crippen LogP contribution in [0.25, 0.3) is 10.7 Å². The topological polar surface area (TPSA) is 76.1 Å². The highest BCUT2D eigenvalue weighted by Crippen LogP contribution is 2.26. The Morgan fingerprint density at radius 1 is 1.11 bits per heavy atom. The highest BCUT2D eigenvalue weighted by molar-refractivity contribution is 7.98. The van der Waals surface area contributed by atoms with E-state index in [4.69, 9.17) is 0 Å². The first-order valence-electron chi connectivity index (χ1n) is 8.49. The van der Waals surface area contributed by atoms with Crippen LogP contribution in [0.1, 0.15) is 19.5 Å². The van der Waals surface area contributed by atoms with Gasteiger partial charge >= 0.3 is 0 Å². The lowest BCUT2D eigenvalue weighted by Crippen LogP contribution is -2.30. The number of hydrogen-bond acceptors (Lipinski definition) is 7. The summed E-state index contributed by atoms with van der Waals surface area (Å²) in [5.74, 6) is 0.665. The van der Waals surface area contributed by atoms with Crippen molar-refractivity contribution >= 4 is 33.1 Å². The lowest BCUT2D eigenvalue weighted by Gasteiger charge is -2.18. The summed E-state index contributed by atoms with van der Waals surface area (Å²) in [6.07, 6.45) is 3.18. The predicted molar refractivity (Wildman–Crippen MR) is 109 cm³/mol. The van der Waals surface area contributed by atoms with Crippen LogP contribution in [0.5, 0.6) is 0 Å². The number of aromatic nitrogens is 3. The smallest absolute Gasteiger partial charge is 0.244 e. The van der Waals surface area contributed by atoms with Crippen LogP contribution in [-0.2, 0) is 15.8 Å². The third-order valence-corrected chi connectivity index (χ3v) is 7.78. The molecule has 3 rings (SSSR count). The normalized spacial score (nSPS) is 11.8. The van der Waals surface area contributed by atoms with Gasteiger partial charge in [-0.25, -0.2) is 18.4 Å². The molecule has 3 aromatic rings. The van der Waals surface area contributed by atoms with E-state index in [1.807, 2.05) is 37.4 Å². The lowest BCUT2D eigenvalue weighted by molar-refractivity contribution is 0.445. The van der Waals surface area contributed by atoms with Gasteiger partial charge in [0.05, 0.1) is 16.4 Å². The summed E-state index contributed by atoms with van der Waals surface area (Å²) < 4.78 is 26.4. The summed E-state index contributed by atoms with van der Waals surface area (Å²) in [6, 6.07) is 9.11. The van der Waals surface area contributed by atoms with Crippen LogP contribution in [0.4, 0.5) is 0 Å². The van der Waals surface area contributed by atoms with Gasteiger partial charge in [-0.3, -0.25) is 4.98 Å². The Hall–Kier alpha value is -1.81. The van der Waals surface area contributed by atoms with Gasteiger partial charge < -0.3 is 0 Å². The molecule has 0 saturated carbocycles. The standard InChI is InChI=1S/C18H20N4O2S3/c1-3-22(4-2)27(23,24)15-8-9-17(20-11-15)25-12-14-13-26-18(21-14)16-7-5-6-10-19-16/h5-11,13H,3-4,12H2,1-2H3. The van der Waals surface area contributed by atoms with Gasteiger partial charge in [0, 0.05) is 36.6 Å². The molecule has 9 heteroatoms. The van der Waals surface area contributed by atoms with Crippen molar-refractivity contribution in [3.63, 3.8) is 0 Å². The number of thiazole rings is 1. The van der Waals surface area contributed by atoms with Crippen LogP contribution in [0.3, 0.4) is 0 Å². The molecule has 0 fully saturated rings. The first-order valence-corrected chi connectivity index (χ1v) is 11.8. The van der Waals surface area contributed by atoms with Crippen LogP contribution >= 0.6 is 23.1 Å². The minimum atomic E-state index is -3.47. The van der Waals surface area contributed by atoms with Crippen LogP contribution in [-0.4, -0.2) is 40.8 Å². The van der Waals surface area contributed by atoms with Crippen molar-refractivity contribution in [2.24, 2.45) is 0 Å². The van der Waals surface area contributed by atoms with Crippen molar-refractivity contribution in [3.05, 3.63) is 53.8 Å². The van der Waals surface area contributed by atoms with E-state index in [0.29, 0.717) is 18.8 Å². The molecule has 0 amide bonds. The van der Waals surface area contributed by atoms with Crippen LogP contribution in [0, 0.1) is 0 Å². The monoisotopic (exact) mass is 420 g/mol. The maximum absolute atomic E-state index is 12.5. The zero-order chi connectivity index (χ0) is 19.3. The van der Waals surface area contributed by atoms with Crippen molar-refractivity contribution in [1.29, 1.82) is 0 Å². The van der Waals surface area contributed by atoms with Gasteiger partial charge in [0.15, 0.2) is 0 Å². The number of hydrogen-bond donors (Lipinski definition) is 0. The average molecular weight is 421 g/mol. The molecule has 27 heavy (non-hydrogen) atoms. The van der Waals surface area contributed by atoms with E-state index in [-0.39, 0.29) is 4.90 Å². The number of sulfonamides is 1. The van der Waals surface area contributed by atoms with E-state index in [2.05, 4.69) is 15.0 Å². The fourth-order valence-electron chi connectivity index (χ4n) is 2.45. The summed E-state index contributed by atoms with van der Waals surface area (Å²) in [7, 11) is -3.47. The van der Waals surface area contributed by atoms with E-state index in [9.17, 15) is 8.42 Å². The summed E-state index contributed by atoms with van der Waals surface area (Å²) in [6.45, 7) is 4.53. The lowest BCUT2D eigenvalue weighted by atomic mass is 10.4. The molecule has 6 nitrogen and oxygen atoms in total. The molecule has 0 spiro atoms. The van der Waals surface area contributed by atoms with E-state index in [1.54, 1.807) is 29.7 Å². The number of nitrogens with zero attached hydrogens (tertiary/aromatic N) is 4. The van der Waals surface area contributed by atoms with Gasteiger partial charge in [-0.15, -0.1) is 23.1 Å². The summed E-state index contributed by atoms with van der Waals surface area (Å²) in [5.41, 5.74) is 1.81. The predicted octanol–water partition coefficient (Wildman–Crippen LogP) is 3.92. The first-order chi connectivity index (χ1) is 13.0. The Bertz CT molecular complexity index is 969. The molecular formula is C18H20N4O2S3. The number of pyridine rings is 2. The Labute approximate surface area is 167 Å². The molecule has 0 bridgehead atoms. The van der Waals surface area contributed by atoms with Gasteiger partial charge in [0.2, 0.25) is 10.0 Å². The molecule has 0 N–H and O–H groups in total. The molecule has 3 aromatic heterocycles. The molecule has 0 saturated heterocycles. The molecule has 3 heterocycles. The number of thioether (sulfide) groups is 1. The van der Waals surface area contributed by atoms with Crippen molar-refractivity contribution in [2.45, 2.75) is 29.5 Å².